The molecule has 0 fully saturated rings. The first-order chi connectivity index (χ1) is 9.58. The van der Waals surface area contributed by atoms with Gasteiger partial charge < -0.3 is 15.2 Å². The Labute approximate surface area is 127 Å². The Kier molecular flexibility index (Phi) is 7.17. The number of hydrogen-bond acceptors (Lipinski definition) is 3. The molecule has 0 aliphatic carbocycles. The van der Waals surface area contributed by atoms with Crippen LogP contribution in [0, 0.1) is 5.92 Å². The van der Waals surface area contributed by atoms with Gasteiger partial charge in [0.2, 0.25) is 0 Å². The van der Waals surface area contributed by atoms with E-state index in [1.54, 1.807) is 20.3 Å². The van der Waals surface area contributed by atoms with E-state index in [1.807, 2.05) is 6.07 Å². The zero-order chi connectivity index (χ0) is 15.1. The third kappa shape index (κ3) is 4.03. The number of halogens is 1. The molecule has 3 nitrogen and oxygen atoms in total. The highest BCUT2D eigenvalue weighted by atomic mass is 35.5. The third-order valence-corrected chi connectivity index (χ3v) is 4.02. The molecule has 0 saturated heterocycles. The summed E-state index contributed by atoms with van der Waals surface area (Å²) >= 11 is 6.36. The molecule has 1 aromatic carbocycles. The average Bonchev–Trinajstić information content (AvgIpc) is 2.46. The summed E-state index contributed by atoms with van der Waals surface area (Å²) in [5.41, 5.74) is 7.39. The summed E-state index contributed by atoms with van der Waals surface area (Å²) in [5.74, 6) is 1.76. The van der Waals surface area contributed by atoms with Crippen LogP contribution in [0.4, 0.5) is 0 Å². The fourth-order valence-corrected chi connectivity index (χ4v) is 2.90. The van der Waals surface area contributed by atoms with Gasteiger partial charge >= 0.3 is 0 Å². The van der Waals surface area contributed by atoms with Crippen LogP contribution in [0.2, 0.25) is 5.02 Å². The van der Waals surface area contributed by atoms with E-state index in [9.17, 15) is 0 Å². The molecule has 4 heteroatoms. The van der Waals surface area contributed by atoms with E-state index in [-0.39, 0.29) is 6.04 Å². The molecule has 0 radical (unpaired) electrons. The molecular formula is C16H26ClNO2. The molecule has 0 spiro atoms. The van der Waals surface area contributed by atoms with Gasteiger partial charge in [-0.25, -0.2) is 0 Å². The molecule has 1 rings (SSSR count). The summed E-state index contributed by atoms with van der Waals surface area (Å²) in [4.78, 5) is 0. The summed E-state index contributed by atoms with van der Waals surface area (Å²) in [5, 5.41) is 0.646. The molecule has 1 unspecified atom stereocenters. The fourth-order valence-electron chi connectivity index (χ4n) is 2.62. The molecular weight excluding hydrogens is 274 g/mol. The molecule has 0 saturated carbocycles. The molecule has 20 heavy (non-hydrogen) atoms. The molecule has 0 amide bonds. The maximum atomic E-state index is 6.45. The van der Waals surface area contributed by atoms with E-state index in [0.29, 0.717) is 22.4 Å². The van der Waals surface area contributed by atoms with Crippen molar-refractivity contribution < 1.29 is 9.47 Å². The number of hydrogen-bond donors (Lipinski definition) is 1. The Morgan fingerprint density at radius 3 is 2.00 bits per heavy atom. The highest BCUT2D eigenvalue weighted by molar-refractivity contribution is 6.31. The van der Waals surface area contributed by atoms with Gasteiger partial charge in [0.15, 0.2) is 11.5 Å². The van der Waals surface area contributed by atoms with E-state index >= 15 is 0 Å². The molecule has 0 aliphatic rings. The first-order valence-electron chi connectivity index (χ1n) is 7.25. The van der Waals surface area contributed by atoms with Crippen molar-refractivity contribution in [3.63, 3.8) is 0 Å². The summed E-state index contributed by atoms with van der Waals surface area (Å²) < 4.78 is 10.6. The van der Waals surface area contributed by atoms with Gasteiger partial charge in [-0.05, 0) is 30.4 Å². The zero-order valence-electron chi connectivity index (χ0n) is 12.9. The van der Waals surface area contributed by atoms with Gasteiger partial charge in [-0.1, -0.05) is 38.3 Å². The van der Waals surface area contributed by atoms with Crippen LogP contribution in [0.5, 0.6) is 11.5 Å². The van der Waals surface area contributed by atoms with E-state index < -0.39 is 0 Å². The minimum Gasteiger partial charge on any atom is -0.493 e. The fraction of sp³-hybridized carbons (Fsp3) is 0.625. The number of ether oxygens (including phenoxy) is 2. The summed E-state index contributed by atoms with van der Waals surface area (Å²) in [6, 6.07) is 3.62. The first-order valence-corrected chi connectivity index (χ1v) is 7.63. The van der Waals surface area contributed by atoms with E-state index in [2.05, 4.69) is 13.8 Å². The Bertz CT molecular complexity index is 417. The van der Waals surface area contributed by atoms with Crippen LogP contribution < -0.4 is 15.2 Å². The smallest absolute Gasteiger partial charge is 0.162 e. The lowest BCUT2D eigenvalue weighted by Crippen LogP contribution is -2.22. The summed E-state index contributed by atoms with van der Waals surface area (Å²) in [6.45, 7) is 4.37. The minimum absolute atomic E-state index is 0.0674. The number of methoxy groups -OCH3 is 2. The molecule has 1 aromatic rings. The van der Waals surface area contributed by atoms with Gasteiger partial charge in [0.25, 0.3) is 0 Å². The van der Waals surface area contributed by atoms with Crippen molar-refractivity contribution >= 4 is 11.6 Å². The van der Waals surface area contributed by atoms with Gasteiger partial charge in [-0.3, -0.25) is 0 Å². The van der Waals surface area contributed by atoms with Gasteiger partial charge in [0.1, 0.15) is 0 Å². The Morgan fingerprint density at radius 1 is 1.05 bits per heavy atom. The maximum absolute atomic E-state index is 6.45. The molecule has 0 heterocycles. The lowest BCUT2D eigenvalue weighted by atomic mass is 9.86. The monoisotopic (exact) mass is 299 g/mol. The zero-order valence-corrected chi connectivity index (χ0v) is 13.7. The normalized spacial score (nSPS) is 12.6. The minimum atomic E-state index is -0.0674. The molecule has 0 aliphatic heterocycles. The average molecular weight is 300 g/mol. The molecule has 1 atom stereocenters. The van der Waals surface area contributed by atoms with Crippen molar-refractivity contribution in [1.82, 2.24) is 0 Å². The second-order valence-corrected chi connectivity index (χ2v) is 5.50. The number of rotatable bonds is 8. The number of nitrogens with two attached hydrogens (primary N) is 1. The third-order valence-electron chi connectivity index (χ3n) is 3.69. The molecule has 0 bridgehead atoms. The van der Waals surface area contributed by atoms with Gasteiger partial charge in [0.05, 0.1) is 14.2 Å². The van der Waals surface area contributed by atoms with Crippen molar-refractivity contribution in [2.24, 2.45) is 11.7 Å². The van der Waals surface area contributed by atoms with Crippen LogP contribution in [0.1, 0.15) is 51.1 Å². The van der Waals surface area contributed by atoms with Gasteiger partial charge in [0, 0.05) is 17.1 Å². The van der Waals surface area contributed by atoms with Crippen LogP contribution >= 0.6 is 11.6 Å². The highest BCUT2D eigenvalue weighted by Crippen LogP contribution is 2.38. The van der Waals surface area contributed by atoms with Crippen LogP contribution in [0.15, 0.2) is 12.1 Å². The van der Waals surface area contributed by atoms with E-state index in [1.165, 1.54) is 0 Å². The van der Waals surface area contributed by atoms with E-state index in [4.69, 9.17) is 26.8 Å². The topological polar surface area (TPSA) is 44.5 Å². The van der Waals surface area contributed by atoms with Gasteiger partial charge in [-0.2, -0.15) is 0 Å². The molecule has 114 valence electrons. The summed E-state index contributed by atoms with van der Waals surface area (Å²) in [7, 11) is 3.22. The predicted octanol–water partition coefficient (Wildman–Crippen LogP) is 4.57. The Morgan fingerprint density at radius 2 is 1.55 bits per heavy atom. The number of benzene rings is 1. The molecule has 2 N–H and O–H groups in total. The lowest BCUT2D eigenvalue weighted by molar-refractivity contribution is 0.348. The lowest BCUT2D eigenvalue weighted by Gasteiger charge is -2.25. The van der Waals surface area contributed by atoms with Crippen LogP contribution in [0.3, 0.4) is 0 Å². The maximum Gasteiger partial charge on any atom is 0.162 e. The van der Waals surface area contributed by atoms with Crippen LogP contribution in [0.25, 0.3) is 0 Å². The first kappa shape index (κ1) is 17.1. The van der Waals surface area contributed by atoms with Crippen molar-refractivity contribution in [2.75, 3.05) is 14.2 Å². The van der Waals surface area contributed by atoms with Crippen LogP contribution in [-0.2, 0) is 0 Å². The van der Waals surface area contributed by atoms with Gasteiger partial charge in [-0.15, -0.1) is 0 Å². The van der Waals surface area contributed by atoms with Crippen molar-refractivity contribution in [3.05, 3.63) is 22.7 Å². The summed E-state index contributed by atoms with van der Waals surface area (Å²) in [6.07, 6.45) is 4.48. The Balaban J connectivity index is 3.09. The van der Waals surface area contributed by atoms with Crippen LogP contribution in [-0.4, -0.2) is 14.2 Å². The SMILES string of the molecule is CCCC(CCC)C(N)c1cc(OC)c(OC)cc1Cl. The largest absolute Gasteiger partial charge is 0.493 e. The van der Waals surface area contributed by atoms with E-state index in [0.717, 1.165) is 31.2 Å². The van der Waals surface area contributed by atoms with Crippen molar-refractivity contribution in [3.8, 4) is 11.5 Å². The second kappa shape index (κ2) is 8.38. The highest BCUT2D eigenvalue weighted by Gasteiger charge is 2.22. The van der Waals surface area contributed by atoms with Crippen molar-refractivity contribution in [2.45, 2.75) is 45.6 Å². The van der Waals surface area contributed by atoms with Crippen molar-refractivity contribution in [1.29, 1.82) is 0 Å². The second-order valence-electron chi connectivity index (χ2n) is 5.09. The standard InChI is InChI=1S/C16H26ClNO2/c1-5-7-11(8-6-2)16(18)12-9-14(19-3)15(20-4)10-13(12)17/h9-11,16H,5-8,18H2,1-4H3. The predicted molar refractivity (Wildman–Crippen MR) is 84.8 cm³/mol. The Hall–Kier alpha value is -0.930. The molecule has 0 aromatic heterocycles. The quantitative estimate of drug-likeness (QED) is 0.764.